The first-order valence-electron chi connectivity index (χ1n) is 7.29. The highest BCUT2D eigenvalue weighted by atomic mass is 16.4. The molecule has 0 radical (unpaired) electrons. The van der Waals surface area contributed by atoms with E-state index in [1.807, 2.05) is 6.20 Å². The summed E-state index contributed by atoms with van der Waals surface area (Å²) in [4.78, 5) is 4.35. The first kappa shape index (κ1) is 14.8. The molecule has 0 amide bonds. The molecule has 2 aromatic rings. The molecule has 1 aromatic heterocycles. The maximum Gasteiger partial charge on any atom is 0.196 e. The van der Waals surface area contributed by atoms with Gasteiger partial charge >= 0.3 is 0 Å². The lowest BCUT2D eigenvalue weighted by atomic mass is 10.1. The van der Waals surface area contributed by atoms with E-state index in [2.05, 4.69) is 56.2 Å². The van der Waals surface area contributed by atoms with Crippen LogP contribution < -0.4 is 5.32 Å². The monoisotopic (exact) mass is 272 g/mol. The van der Waals surface area contributed by atoms with Gasteiger partial charge in [-0.05, 0) is 43.5 Å². The Balaban J connectivity index is 1.96. The molecule has 2 rings (SSSR count). The zero-order chi connectivity index (χ0) is 14.5. The van der Waals surface area contributed by atoms with Crippen molar-refractivity contribution < 1.29 is 4.42 Å². The maximum absolute atomic E-state index is 5.82. The van der Waals surface area contributed by atoms with Gasteiger partial charge in [-0.2, -0.15) is 0 Å². The molecular formula is C17H24N2O. The third-order valence-corrected chi connectivity index (χ3v) is 3.41. The van der Waals surface area contributed by atoms with Gasteiger partial charge in [0.1, 0.15) is 0 Å². The quantitative estimate of drug-likeness (QED) is 0.814. The van der Waals surface area contributed by atoms with Gasteiger partial charge in [0.2, 0.25) is 0 Å². The van der Waals surface area contributed by atoms with Crippen LogP contribution >= 0.6 is 0 Å². The van der Waals surface area contributed by atoms with Crippen molar-refractivity contribution in [1.82, 2.24) is 10.3 Å². The fourth-order valence-corrected chi connectivity index (χ4v) is 2.04. The van der Waals surface area contributed by atoms with E-state index in [-0.39, 0.29) is 0 Å². The molecule has 3 nitrogen and oxygen atoms in total. The minimum absolute atomic E-state index is 0.672. The number of hydrogen-bond donors (Lipinski definition) is 1. The van der Waals surface area contributed by atoms with E-state index in [4.69, 9.17) is 4.42 Å². The summed E-state index contributed by atoms with van der Waals surface area (Å²) in [6, 6.07) is 6.36. The number of rotatable bonds is 6. The Morgan fingerprint density at radius 1 is 1.20 bits per heavy atom. The summed E-state index contributed by atoms with van der Waals surface area (Å²) in [5.74, 6) is 2.33. The number of nitrogens with one attached hydrogen (secondary N) is 1. The molecule has 0 bridgehead atoms. The SMILES string of the molecule is Cc1ccc(-c2cnc(CCNCC(C)C)o2)cc1C. The first-order chi connectivity index (χ1) is 9.56. The Morgan fingerprint density at radius 3 is 2.70 bits per heavy atom. The first-order valence-corrected chi connectivity index (χ1v) is 7.29. The molecule has 0 spiro atoms. The van der Waals surface area contributed by atoms with E-state index in [0.29, 0.717) is 5.92 Å². The number of oxazole rings is 1. The van der Waals surface area contributed by atoms with Gasteiger partial charge in [0.15, 0.2) is 11.7 Å². The third-order valence-electron chi connectivity index (χ3n) is 3.41. The summed E-state index contributed by atoms with van der Waals surface area (Å²) < 4.78 is 5.82. The van der Waals surface area contributed by atoms with Crippen LogP contribution in [0.15, 0.2) is 28.8 Å². The van der Waals surface area contributed by atoms with Gasteiger partial charge < -0.3 is 9.73 Å². The van der Waals surface area contributed by atoms with Crippen LogP contribution in [0.3, 0.4) is 0 Å². The molecule has 0 aliphatic heterocycles. The van der Waals surface area contributed by atoms with E-state index < -0.39 is 0 Å². The van der Waals surface area contributed by atoms with Crippen molar-refractivity contribution in [3.63, 3.8) is 0 Å². The van der Waals surface area contributed by atoms with E-state index in [1.54, 1.807) is 0 Å². The molecule has 0 fully saturated rings. The van der Waals surface area contributed by atoms with Gasteiger partial charge in [0.25, 0.3) is 0 Å². The van der Waals surface area contributed by atoms with E-state index >= 15 is 0 Å². The molecule has 1 aromatic carbocycles. The summed E-state index contributed by atoms with van der Waals surface area (Å²) in [5, 5.41) is 3.40. The molecule has 108 valence electrons. The molecule has 1 heterocycles. The molecule has 0 unspecified atom stereocenters. The smallest absolute Gasteiger partial charge is 0.196 e. The second kappa shape index (κ2) is 6.71. The van der Waals surface area contributed by atoms with Gasteiger partial charge in [-0.3, -0.25) is 0 Å². The molecule has 1 N–H and O–H groups in total. The van der Waals surface area contributed by atoms with Crippen LogP contribution in [-0.2, 0) is 6.42 Å². The lowest BCUT2D eigenvalue weighted by Gasteiger charge is -2.05. The van der Waals surface area contributed by atoms with Crippen molar-refractivity contribution >= 4 is 0 Å². The van der Waals surface area contributed by atoms with E-state index in [0.717, 1.165) is 36.7 Å². The standard InChI is InChI=1S/C17H24N2O/c1-12(2)10-18-8-7-17-19-11-16(20-17)15-6-5-13(3)14(4)9-15/h5-6,9,11-12,18H,7-8,10H2,1-4H3. The van der Waals surface area contributed by atoms with E-state index in [9.17, 15) is 0 Å². The molecular weight excluding hydrogens is 248 g/mol. The normalized spacial score (nSPS) is 11.2. The van der Waals surface area contributed by atoms with Gasteiger partial charge in [0.05, 0.1) is 6.20 Å². The Bertz CT molecular complexity index is 558. The number of hydrogen-bond acceptors (Lipinski definition) is 3. The Morgan fingerprint density at radius 2 is 2.00 bits per heavy atom. The molecule has 20 heavy (non-hydrogen) atoms. The Kier molecular flexibility index (Phi) is 4.96. The maximum atomic E-state index is 5.82. The third kappa shape index (κ3) is 3.94. The molecule has 0 atom stereocenters. The van der Waals surface area contributed by atoms with Gasteiger partial charge in [-0.15, -0.1) is 0 Å². The number of aryl methyl sites for hydroxylation is 2. The van der Waals surface area contributed by atoms with Gasteiger partial charge in [0, 0.05) is 18.5 Å². The van der Waals surface area contributed by atoms with Crippen molar-refractivity contribution in [3.8, 4) is 11.3 Å². The Hall–Kier alpha value is -1.61. The molecule has 3 heteroatoms. The van der Waals surface area contributed by atoms with Crippen LogP contribution in [0, 0.1) is 19.8 Å². The number of nitrogens with zero attached hydrogens (tertiary/aromatic N) is 1. The van der Waals surface area contributed by atoms with Crippen LogP contribution in [-0.4, -0.2) is 18.1 Å². The second-order valence-electron chi connectivity index (χ2n) is 5.77. The fraction of sp³-hybridized carbons (Fsp3) is 0.471. The average molecular weight is 272 g/mol. The van der Waals surface area contributed by atoms with Crippen molar-refractivity contribution in [2.24, 2.45) is 5.92 Å². The molecule has 0 saturated heterocycles. The summed E-state index contributed by atoms with van der Waals surface area (Å²) in [6.07, 6.45) is 2.65. The number of aromatic nitrogens is 1. The molecule has 0 saturated carbocycles. The highest BCUT2D eigenvalue weighted by Gasteiger charge is 2.07. The molecule has 0 aliphatic rings. The fourth-order valence-electron chi connectivity index (χ4n) is 2.04. The zero-order valence-electron chi connectivity index (χ0n) is 12.9. The van der Waals surface area contributed by atoms with E-state index in [1.165, 1.54) is 11.1 Å². The average Bonchev–Trinajstić information content (AvgIpc) is 2.86. The highest BCUT2D eigenvalue weighted by molar-refractivity contribution is 5.58. The van der Waals surface area contributed by atoms with Crippen LogP contribution in [0.1, 0.15) is 30.9 Å². The lowest BCUT2D eigenvalue weighted by Crippen LogP contribution is -2.22. The topological polar surface area (TPSA) is 38.1 Å². The van der Waals surface area contributed by atoms with Crippen LogP contribution in [0.4, 0.5) is 0 Å². The van der Waals surface area contributed by atoms with Crippen molar-refractivity contribution in [2.45, 2.75) is 34.1 Å². The van der Waals surface area contributed by atoms with Crippen molar-refractivity contribution in [3.05, 3.63) is 41.4 Å². The summed E-state index contributed by atoms with van der Waals surface area (Å²) in [5.41, 5.74) is 3.67. The van der Waals surface area contributed by atoms with Gasteiger partial charge in [-0.25, -0.2) is 4.98 Å². The predicted octanol–water partition coefficient (Wildman–Crippen LogP) is 3.75. The Labute approximate surface area is 121 Å². The summed E-state index contributed by atoms with van der Waals surface area (Å²) in [7, 11) is 0. The zero-order valence-corrected chi connectivity index (χ0v) is 12.9. The van der Waals surface area contributed by atoms with Crippen LogP contribution in [0.25, 0.3) is 11.3 Å². The highest BCUT2D eigenvalue weighted by Crippen LogP contribution is 2.23. The van der Waals surface area contributed by atoms with Crippen LogP contribution in [0.5, 0.6) is 0 Å². The molecule has 0 aliphatic carbocycles. The van der Waals surface area contributed by atoms with Crippen molar-refractivity contribution in [1.29, 1.82) is 0 Å². The number of benzene rings is 1. The summed E-state index contributed by atoms with van der Waals surface area (Å²) in [6.45, 7) is 10.6. The second-order valence-corrected chi connectivity index (χ2v) is 5.77. The lowest BCUT2D eigenvalue weighted by molar-refractivity contribution is 0.483. The van der Waals surface area contributed by atoms with Gasteiger partial charge in [-0.1, -0.05) is 26.0 Å². The van der Waals surface area contributed by atoms with Crippen molar-refractivity contribution in [2.75, 3.05) is 13.1 Å². The predicted molar refractivity (Wildman–Crippen MR) is 82.8 cm³/mol. The van der Waals surface area contributed by atoms with Crippen LogP contribution in [0.2, 0.25) is 0 Å². The largest absolute Gasteiger partial charge is 0.441 e. The minimum atomic E-state index is 0.672. The minimum Gasteiger partial charge on any atom is -0.441 e. The summed E-state index contributed by atoms with van der Waals surface area (Å²) >= 11 is 0.